The van der Waals surface area contributed by atoms with Gasteiger partial charge in [-0.1, -0.05) is 253 Å². The molecule has 6 heteroatoms. The minimum Gasteiger partial charge on any atom is -0.462 e. The van der Waals surface area contributed by atoms with Crippen LogP contribution in [0, 0.1) is 17.8 Å². The minimum absolute atomic E-state index is 0.0657. The second kappa shape index (κ2) is 45.4. The molecule has 0 saturated carbocycles. The molecule has 0 aromatic rings. The predicted octanol–water partition coefficient (Wildman–Crippen LogP) is 17.2. The van der Waals surface area contributed by atoms with Crippen molar-refractivity contribution in [3.63, 3.8) is 0 Å². The number of hydrogen-bond acceptors (Lipinski definition) is 6. The highest BCUT2D eigenvalue weighted by atomic mass is 16.6. The molecule has 0 bridgehead atoms. The number of ether oxygens (including phenoxy) is 3. The van der Waals surface area contributed by atoms with E-state index in [0.717, 1.165) is 75.5 Å². The Hall–Kier alpha value is -1.59. The van der Waals surface area contributed by atoms with Crippen molar-refractivity contribution < 1.29 is 28.6 Å². The first kappa shape index (κ1) is 58.4. The maximum absolute atomic E-state index is 12.8. The number of carbonyl (C=O) groups is 3. The smallest absolute Gasteiger partial charge is 0.306 e. The summed E-state index contributed by atoms with van der Waals surface area (Å²) < 4.78 is 16.8. The first-order valence-corrected chi connectivity index (χ1v) is 26.6. The lowest BCUT2D eigenvalue weighted by molar-refractivity contribution is -0.167. The lowest BCUT2D eigenvalue weighted by Crippen LogP contribution is -2.30. The normalized spacial score (nSPS) is 12.2. The first-order valence-electron chi connectivity index (χ1n) is 26.6. The van der Waals surface area contributed by atoms with Crippen LogP contribution in [0.3, 0.4) is 0 Å². The molecule has 0 heterocycles. The molecule has 0 N–H and O–H groups in total. The van der Waals surface area contributed by atoms with E-state index in [-0.39, 0.29) is 31.1 Å². The van der Waals surface area contributed by atoms with Crippen molar-refractivity contribution in [2.75, 3.05) is 13.2 Å². The van der Waals surface area contributed by atoms with E-state index in [1.807, 2.05) is 0 Å². The number of hydrogen-bond donors (Lipinski definition) is 0. The van der Waals surface area contributed by atoms with E-state index in [2.05, 4.69) is 41.5 Å². The number of rotatable bonds is 47. The summed E-state index contributed by atoms with van der Waals surface area (Å²) in [6, 6.07) is 0. The third kappa shape index (κ3) is 47.5. The zero-order valence-corrected chi connectivity index (χ0v) is 41.3. The van der Waals surface area contributed by atoms with Gasteiger partial charge in [0.15, 0.2) is 6.10 Å². The maximum atomic E-state index is 12.8. The van der Waals surface area contributed by atoms with Gasteiger partial charge < -0.3 is 14.2 Å². The molecule has 356 valence electrons. The SMILES string of the molecule is CC(C)CCCCCCCCCCCCCCCCCCCCC(=O)O[C@@H](COC(=O)CCCCCCCCCCC(C)C)COC(=O)CCCCCCCCCC(C)C. The Kier molecular flexibility index (Phi) is 44.2. The molecule has 0 amide bonds. The zero-order valence-electron chi connectivity index (χ0n) is 41.3. The van der Waals surface area contributed by atoms with E-state index >= 15 is 0 Å². The molecule has 0 aliphatic carbocycles. The zero-order chi connectivity index (χ0) is 44.2. The summed E-state index contributed by atoms with van der Waals surface area (Å²) in [6.45, 7) is 13.7. The van der Waals surface area contributed by atoms with Gasteiger partial charge in [-0.3, -0.25) is 14.4 Å². The van der Waals surface area contributed by atoms with Crippen molar-refractivity contribution >= 4 is 17.9 Å². The van der Waals surface area contributed by atoms with Crippen LogP contribution in [0.4, 0.5) is 0 Å². The van der Waals surface area contributed by atoms with Crippen LogP contribution in [0.5, 0.6) is 0 Å². The van der Waals surface area contributed by atoms with Crippen LogP contribution >= 0.6 is 0 Å². The highest BCUT2D eigenvalue weighted by Gasteiger charge is 2.19. The molecular formula is C54H104O6. The van der Waals surface area contributed by atoms with Crippen LogP contribution in [0.25, 0.3) is 0 Å². The molecule has 0 aliphatic rings. The average Bonchev–Trinajstić information content (AvgIpc) is 3.20. The lowest BCUT2D eigenvalue weighted by Gasteiger charge is -2.18. The van der Waals surface area contributed by atoms with Gasteiger partial charge in [-0.05, 0) is 37.0 Å². The molecular weight excluding hydrogens is 745 g/mol. The van der Waals surface area contributed by atoms with Crippen LogP contribution in [-0.4, -0.2) is 37.2 Å². The topological polar surface area (TPSA) is 78.9 Å². The second-order valence-electron chi connectivity index (χ2n) is 19.9. The quantitative estimate of drug-likeness (QED) is 0.0345. The fourth-order valence-corrected chi connectivity index (χ4v) is 8.12. The molecule has 0 aromatic carbocycles. The Morgan fingerprint density at radius 1 is 0.283 bits per heavy atom. The van der Waals surface area contributed by atoms with Crippen LogP contribution < -0.4 is 0 Å². The summed E-state index contributed by atoms with van der Waals surface area (Å²) in [6.07, 6.45) is 45.4. The van der Waals surface area contributed by atoms with E-state index in [1.54, 1.807) is 0 Å². The molecule has 0 spiro atoms. The summed E-state index contributed by atoms with van der Waals surface area (Å²) in [5.41, 5.74) is 0. The highest BCUT2D eigenvalue weighted by molar-refractivity contribution is 5.71. The van der Waals surface area contributed by atoms with Gasteiger partial charge in [-0.2, -0.15) is 0 Å². The summed E-state index contributed by atoms with van der Waals surface area (Å²) in [5.74, 6) is 1.58. The second-order valence-corrected chi connectivity index (χ2v) is 19.9. The molecule has 0 fully saturated rings. The molecule has 0 aliphatic heterocycles. The fourth-order valence-electron chi connectivity index (χ4n) is 8.12. The Labute approximate surface area is 374 Å². The van der Waals surface area contributed by atoms with Gasteiger partial charge in [0.1, 0.15) is 13.2 Å². The van der Waals surface area contributed by atoms with Gasteiger partial charge in [0.25, 0.3) is 0 Å². The Morgan fingerprint density at radius 3 is 0.717 bits per heavy atom. The van der Waals surface area contributed by atoms with Crippen molar-refractivity contribution in [1.82, 2.24) is 0 Å². The van der Waals surface area contributed by atoms with Crippen molar-refractivity contribution in [1.29, 1.82) is 0 Å². The number of unbranched alkanes of at least 4 members (excludes halogenated alkanes) is 30. The van der Waals surface area contributed by atoms with E-state index < -0.39 is 6.10 Å². The van der Waals surface area contributed by atoms with E-state index in [9.17, 15) is 14.4 Å². The molecule has 0 unspecified atom stereocenters. The average molecular weight is 849 g/mol. The summed E-state index contributed by atoms with van der Waals surface area (Å²) in [5, 5.41) is 0. The fraction of sp³-hybridized carbons (Fsp3) is 0.944. The minimum atomic E-state index is -0.763. The monoisotopic (exact) mass is 849 g/mol. The van der Waals surface area contributed by atoms with E-state index in [0.29, 0.717) is 19.3 Å². The largest absolute Gasteiger partial charge is 0.462 e. The third-order valence-electron chi connectivity index (χ3n) is 12.1. The van der Waals surface area contributed by atoms with Crippen molar-refractivity contribution in [2.45, 2.75) is 298 Å². The first-order chi connectivity index (χ1) is 29.1. The van der Waals surface area contributed by atoms with Crippen LogP contribution in [0.2, 0.25) is 0 Å². The predicted molar refractivity (Wildman–Crippen MR) is 256 cm³/mol. The summed E-state index contributed by atoms with van der Waals surface area (Å²) >= 11 is 0. The van der Waals surface area contributed by atoms with Crippen LogP contribution in [-0.2, 0) is 28.6 Å². The molecule has 0 saturated heterocycles. The van der Waals surface area contributed by atoms with E-state index in [1.165, 1.54) is 173 Å². The lowest BCUT2D eigenvalue weighted by atomic mass is 10.0. The third-order valence-corrected chi connectivity index (χ3v) is 12.1. The van der Waals surface area contributed by atoms with Gasteiger partial charge >= 0.3 is 17.9 Å². The highest BCUT2D eigenvalue weighted by Crippen LogP contribution is 2.18. The molecule has 1 atom stereocenters. The van der Waals surface area contributed by atoms with Gasteiger partial charge in [-0.25, -0.2) is 0 Å². The standard InChI is InChI=1S/C54H104O6/c1-48(2)40-34-28-22-17-15-13-11-9-7-8-10-12-14-16-18-26-33-39-45-54(57)60-51(47-59-53(56)44-38-32-27-21-24-30-36-42-50(5)6)46-58-52(55)43-37-31-25-20-19-23-29-35-41-49(3)4/h48-51H,7-47H2,1-6H3/t51-/m0/s1. The van der Waals surface area contributed by atoms with Crippen LogP contribution in [0.1, 0.15) is 292 Å². The molecule has 6 nitrogen and oxygen atoms in total. The molecule has 60 heavy (non-hydrogen) atoms. The number of carbonyl (C=O) groups excluding carboxylic acids is 3. The van der Waals surface area contributed by atoms with Crippen molar-refractivity contribution in [2.24, 2.45) is 17.8 Å². The van der Waals surface area contributed by atoms with Crippen molar-refractivity contribution in [3.8, 4) is 0 Å². The summed E-state index contributed by atoms with van der Waals surface area (Å²) in [4.78, 5) is 37.9. The van der Waals surface area contributed by atoms with E-state index in [4.69, 9.17) is 14.2 Å². The molecule has 0 rings (SSSR count). The summed E-state index contributed by atoms with van der Waals surface area (Å²) in [7, 11) is 0. The molecule has 0 aromatic heterocycles. The van der Waals surface area contributed by atoms with Crippen LogP contribution in [0.15, 0.2) is 0 Å². The Morgan fingerprint density at radius 2 is 0.483 bits per heavy atom. The van der Waals surface area contributed by atoms with Gasteiger partial charge in [0.2, 0.25) is 0 Å². The van der Waals surface area contributed by atoms with Crippen molar-refractivity contribution in [3.05, 3.63) is 0 Å². The Bertz CT molecular complexity index is 929. The Balaban J connectivity index is 4.21. The molecule has 0 radical (unpaired) electrons. The van der Waals surface area contributed by atoms with Gasteiger partial charge in [-0.15, -0.1) is 0 Å². The maximum Gasteiger partial charge on any atom is 0.306 e. The van der Waals surface area contributed by atoms with Gasteiger partial charge in [0, 0.05) is 19.3 Å². The number of esters is 3. The van der Waals surface area contributed by atoms with Gasteiger partial charge in [0.05, 0.1) is 0 Å².